The molecule has 0 amide bonds. The van der Waals surface area contributed by atoms with Gasteiger partial charge in [0.15, 0.2) is 17.6 Å². The van der Waals surface area contributed by atoms with Gasteiger partial charge in [-0.2, -0.15) is 8.42 Å². The minimum Gasteiger partial charge on any atom is -0.531 e. The molecule has 3 heterocycles. The number of quaternary nitrogens is 1. The molecule has 0 radical (unpaired) electrons. The summed E-state index contributed by atoms with van der Waals surface area (Å²) in [4.78, 5) is 0. The number of nitrogens with zero attached hydrogens (tertiary/aromatic N) is 1. The Balaban J connectivity index is 1.27. The van der Waals surface area contributed by atoms with E-state index in [-0.39, 0.29) is 23.1 Å². The molecule has 3 aliphatic heterocycles. The first-order valence-corrected chi connectivity index (χ1v) is 22.6. The Hall–Kier alpha value is -2.73. The number of likely N-dealkylation sites (tertiary alicyclic amines) is 1. The predicted octanol–water partition coefficient (Wildman–Crippen LogP) is 5.31. The Labute approximate surface area is 304 Å². The molecule has 3 unspecified atom stereocenters. The van der Waals surface area contributed by atoms with Crippen LogP contribution >= 0.6 is 0 Å². The molecular formula is C41H52NO7SSi+. The van der Waals surface area contributed by atoms with E-state index >= 15 is 0 Å². The molecule has 1 spiro atoms. The van der Waals surface area contributed by atoms with Crippen molar-refractivity contribution in [3.63, 3.8) is 0 Å². The van der Waals surface area contributed by atoms with Gasteiger partial charge in [0.25, 0.3) is 10.1 Å². The van der Waals surface area contributed by atoms with Crippen molar-refractivity contribution in [1.82, 2.24) is 0 Å². The van der Waals surface area contributed by atoms with E-state index in [0.717, 1.165) is 47.5 Å². The summed E-state index contributed by atoms with van der Waals surface area (Å²) in [5.74, 6) is 2.09. The number of piperidine rings is 1. The molecule has 272 valence electrons. The molecule has 10 heteroatoms. The van der Waals surface area contributed by atoms with Crippen LogP contribution in [0.1, 0.15) is 64.0 Å². The van der Waals surface area contributed by atoms with E-state index in [1.807, 2.05) is 0 Å². The van der Waals surface area contributed by atoms with E-state index in [0.29, 0.717) is 32.0 Å². The van der Waals surface area contributed by atoms with Crippen LogP contribution < -0.4 is 19.5 Å². The fourth-order valence-electron chi connectivity index (χ4n) is 11.4. The van der Waals surface area contributed by atoms with E-state index in [1.165, 1.54) is 35.0 Å². The molecule has 8 nitrogen and oxygen atoms in total. The van der Waals surface area contributed by atoms with Crippen molar-refractivity contribution >= 4 is 28.8 Å². The van der Waals surface area contributed by atoms with E-state index in [9.17, 15) is 8.42 Å². The van der Waals surface area contributed by atoms with E-state index in [2.05, 4.69) is 101 Å². The first-order valence-electron chi connectivity index (χ1n) is 18.9. The summed E-state index contributed by atoms with van der Waals surface area (Å²) in [5.41, 5.74) is 0.668. The van der Waals surface area contributed by atoms with E-state index in [4.69, 9.17) is 22.8 Å². The highest BCUT2D eigenvalue weighted by Gasteiger charge is 2.79. The fraction of sp³-hybridized carbons (Fsp3) is 0.561. The van der Waals surface area contributed by atoms with Crippen molar-refractivity contribution in [2.75, 3.05) is 39.6 Å². The lowest BCUT2D eigenvalue weighted by Crippen LogP contribution is -2.82. The van der Waals surface area contributed by atoms with Crippen molar-refractivity contribution in [2.45, 2.75) is 93.8 Å². The maximum absolute atomic E-state index is 13.5. The van der Waals surface area contributed by atoms with Crippen LogP contribution in [0.25, 0.3) is 0 Å². The number of hydrogen-bond donors (Lipinski definition) is 0. The van der Waals surface area contributed by atoms with Crippen LogP contribution in [0.3, 0.4) is 0 Å². The summed E-state index contributed by atoms with van der Waals surface area (Å²) >= 11 is 0. The molecule has 2 bridgehead atoms. The van der Waals surface area contributed by atoms with Gasteiger partial charge in [-0.1, -0.05) is 87.5 Å². The Kier molecular flexibility index (Phi) is 7.77. The smallest absolute Gasteiger partial charge is 0.320 e. The van der Waals surface area contributed by atoms with E-state index < -0.39 is 35.7 Å². The molecule has 4 fully saturated rings. The average molecular weight is 731 g/mol. The molecule has 6 aliphatic rings. The molecule has 2 saturated heterocycles. The Morgan fingerprint density at radius 2 is 1.55 bits per heavy atom. The molecule has 3 aromatic rings. The largest absolute Gasteiger partial charge is 0.531 e. The molecule has 9 rings (SSSR count). The summed E-state index contributed by atoms with van der Waals surface area (Å²) in [7, 11) is -4.50. The minimum absolute atomic E-state index is 0.0269. The second kappa shape index (κ2) is 11.6. The van der Waals surface area contributed by atoms with Crippen LogP contribution in [0.2, 0.25) is 5.04 Å². The molecule has 0 aromatic heterocycles. The molecule has 2 saturated carbocycles. The normalized spacial score (nSPS) is 33.1. The maximum atomic E-state index is 13.5. The molecule has 51 heavy (non-hydrogen) atoms. The lowest BCUT2D eigenvalue weighted by molar-refractivity contribution is -0.950. The quantitative estimate of drug-likeness (QED) is 0.168. The lowest BCUT2D eigenvalue weighted by atomic mass is 9.47. The van der Waals surface area contributed by atoms with Gasteiger partial charge in [-0.25, -0.2) is 0 Å². The SMILES string of the molecule is CC(C)(C)[Si](Oc1ccc2c3c1O[C@H]1C(C4OCCO4)CCC4(OS(C)(=O)=O)[C@@H](C2)[N+](C)(CC2CC2)CC[C@]314)(c1ccccc1)c1ccccc1. The van der Waals surface area contributed by atoms with Gasteiger partial charge in [0, 0.05) is 30.2 Å². The number of rotatable bonds is 9. The fourth-order valence-corrected chi connectivity index (χ4v) is 16.7. The zero-order valence-corrected chi connectivity index (χ0v) is 32.4. The summed E-state index contributed by atoms with van der Waals surface area (Å²) in [5, 5.41) is 2.12. The first kappa shape index (κ1) is 34.1. The second-order valence-corrected chi connectivity index (χ2v) is 23.3. The third kappa shape index (κ3) is 4.99. The van der Waals surface area contributed by atoms with Gasteiger partial charge in [-0.15, -0.1) is 0 Å². The van der Waals surface area contributed by atoms with Crippen LogP contribution in [0.5, 0.6) is 11.5 Å². The Morgan fingerprint density at radius 3 is 2.14 bits per heavy atom. The predicted molar refractivity (Wildman–Crippen MR) is 199 cm³/mol. The van der Waals surface area contributed by atoms with Crippen LogP contribution in [0.15, 0.2) is 72.8 Å². The number of ether oxygens (including phenoxy) is 3. The van der Waals surface area contributed by atoms with Gasteiger partial charge in [0.1, 0.15) is 17.9 Å². The van der Waals surface area contributed by atoms with Gasteiger partial charge < -0.3 is 23.1 Å². The summed E-state index contributed by atoms with van der Waals surface area (Å²) < 4.78 is 62.2. The van der Waals surface area contributed by atoms with Crippen molar-refractivity contribution < 1.29 is 35.7 Å². The van der Waals surface area contributed by atoms with Crippen molar-refractivity contribution in [3.8, 4) is 11.5 Å². The topological polar surface area (TPSA) is 80.3 Å². The third-order valence-electron chi connectivity index (χ3n) is 13.4. The number of benzene rings is 3. The zero-order valence-electron chi connectivity index (χ0n) is 30.6. The monoisotopic (exact) mass is 730 g/mol. The Bertz CT molecular complexity index is 1890. The highest BCUT2D eigenvalue weighted by molar-refractivity contribution is 7.86. The van der Waals surface area contributed by atoms with Crippen LogP contribution in [0.4, 0.5) is 0 Å². The molecule has 3 aromatic carbocycles. The summed E-state index contributed by atoms with van der Waals surface area (Å²) in [6, 6.07) is 25.8. The third-order valence-corrected chi connectivity index (χ3v) is 19.0. The molecular weight excluding hydrogens is 679 g/mol. The summed E-state index contributed by atoms with van der Waals surface area (Å²) in [6.45, 7) is 9.95. The average Bonchev–Trinajstić information content (AvgIpc) is 3.57. The van der Waals surface area contributed by atoms with Crippen molar-refractivity contribution in [3.05, 3.63) is 83.9 Å². The van der Waals surface area contributed by atoms with Crippen LogP contribution in [-0.2, 0) is 35.6 Å². The lowest BCUT2D eigenvalue weighted by Gasteiger charge is -2.66. The molecule has 6 atom stereocenters. The van der Waals surface area contributed by atoms with Crippen LogP contribution in [0, 0.1) is 11.8 Å². The highest BCUT2D eigenvalue weighted by atomic mass is 32.2. The highest BCUT2D eigenvalue weighted by Crippen LogP contribution is 2.69. The summed E-state index contributed by atoms with van der Waals surface area (Å²) in [6.07, 6.45) is 5.74. The van der Waals surface area contributed by atoms with E-state index in [1.54, 1.807) is 0 Å². The second-order valence-electron chi connectivity index (χ2n) is 17.5. The zero-order chi connectivity index (χ0) is 35.4. The molecule has 3 aliphatic carbocycles. The standard InChI is InChI=1S/C41H52NO7SSi/c1-39(2,3)51(30-12-8-6-9-13-30,31-14-10-7-11-15-31)48-33-19-18-29-26-34-41(49-50(5,43)44)21-20-32(38-45-24-25-46-38)37-40(41,35(29)36(33)47-37)22-23-42(34,4)27-28-16-17-28/h6-15,18-19,28,32,34,37-38H,16-17,20-27H2,1-5H3/q+1/t32?,34-,37+,40+,41?,42?/m1/s1. The van der Waals surface area contributed by atoms with Gasteiger partial charge >= 0.3 is 8.32 Å². The van der Waals surface area contributed by atoms with Crippen molar-refractivity contribution in [1.29, 1.82) is 0 Å². The van der Waals surface area contributed by atoms with Gasteiger partial charge in [0.05, 0.1) is 45.0 Å². The minimum atomic E-state index is -3.84. The van der Waals surface area contributed by atoms with Crippen LogP contribution in [-0.4, -0.2) is 84.9 Å². The van der Waals surface area contributed by atoms with Crippen molar-refractivity contribution in [2.24, 2.45) is 11.8 Å². The molecule has 0 N–H and O–H groups in total. The van der Waals surface area contributed by atoms with Gasteiger partial charge in [-0.3, -0.25) is 4.18 Å². The van der Waals surface area contributed by atoms with Gasteiger partial charge in [-0.05, 0) is 52.7 Å². The number of hydrogen-bond acceptors (Lipinski definition) is 7. The first-order chi connectivity index (χ1) is 24.3. The Morgan fingerprint density at radius 1 is 0.902 bits per heavy atom. The maximum Gasteiger partial charge on any atom is 0.320 e. The van der Waals surface area contributed by atoms with Gasteiger partial charge in [0.2, 0.25) is 0 Å². The number of likely N-dealkylation sites (N-methyl/N-ethyl adjacent to an activating group) is 1.